The van der Waals surface area contributed by atoms with Gasteiger partial charge in [0.15, 0.2) is 0 Å². The molecule has 0 N–H and O–H groups in total. The Labute approximate surface area is 116 Å². The number of benzene rings is 2. The molecule has 96 valence electrons. The number of fused-ring (bicyclic) bond motifs is 13. The molecule has 4 heterocycles. The first-order chi connectivity index (χ1) is 9.90. The zero-order chi connectivity index (χ0) is 12.8. The van der Waals surface area contributed by atoms with Gasteiger partial charge in [-0.1, -0.05) is 48.6 Å². The Morgan fingerprint density at radius 1 is 0.600 bits per heavy atom. The van der Waals surface area contributed by atoms with Crippen molar-refractivity contribution in [3.8, 4) is 0 Å². The van der Waals surface area contributed by atoms with Crippen LogP contribution < -0.4 is 0 Å². The van der Waals surface area contributed by atoms with Gasteiger partial charge in [-0.3, -0.25) is 0 Å². The Bertz CT molecular complexity index is 779. The third kappa shape index (κ3) is 0.952. The Kier molecular flexibility index (Phi) is 1.51. The number of ether oxygens (including phenoxy) is 2. The van der Waals surface area contributed by atoms with E-state index >= 15 is 0 Å². The van der Waals surface area contributed by atoms with Gasteiger partial charge in [0.25, 0.3) is 0 Å². The molecule has 0 amide bonds. The molecule has 0 saturated heterocycles. The molecule has 0 spiro atoms. The average molecular weight is 260 g/mol. The van der Waals surface area contributed by atoms with Crippen molar-refractivity contribution in [3.63, 3.8) is 0 Å². The van der Waals surface area contributed by atoms with E-state index in [1.54, 1.807) is 0 Å². The van der Waals surface area contributed by atoms with Gasteiger partial charge in [0.1, 0.15) is 24.4 Å². The molecule has 2 aromatic carbocycles. The van der Waals surface area contributed by atoms with Crippen LogP contribution in [-0.2, 0) is 9.47 Å². The summed E-state index contributed by atoms with van der Waals surface area (Å²) in [5.41, 5.74) is 5.42. The van der Waals surface area contributed by atoms with Crippen LogP contribution in [0.2, 0.25) is 0 Å². The zero-order valence-corrected chi connectivity index (χ0v) is 10.7. The molecule has 0 aliphatic carbocycles. The lowest BCUT2D eigenvalue weighted by Crippen LogP contribution is -2.01. The van der Waals surface area contributed by atoms with Crippen LogP contribution in [0.5, 0.6) is 0 Å². The topological polar surface area (TPSA) is 18.5 Å². The van der Waals surface area contributed by atoms with Crippen LogP contribution in [0.3, 0.4) is 0 Å². The lowest BCUT2D eigenvalue weighted by Gasteiger charge is -2.17. The summed E-state index contributed by atoms with van der Waals surface area (Å²) in [6.07, 6.45) is 9.30. The van der Waals surface area contributed by atoms with Gasteiger partial charge in [-0.05, 0) is 33.0 Å². The first kappa shape index (κ1) is 9.92. The number of hydrogen-bond acceptors (Lipinski definition) is 2. The van der Waals surface area contributed by atoms with Crippen LogP contribution >= 0.6 is 0 Å². The predicted molar refractivity (Wildman–Crippen MR) is 75.4 cm³/mol. The van der Waals surface area contributed by atoms with E-state index in [4.69, 9.17) is 9.47 Å². The molecule has 2 nitrogen and oxygen atoms in total. The van der Waals surface area contributed by atoms with E-state index in [0.717, 1.165) is 0 Å². The lowest BCUT2D eigenvalue weighted by molar-refractivity contribution is 0.0869. The summed E-state index contributed by atoms with van der Waals surface area (Å²) < 4.78 is 12.0. The molecular weight excluding hydrogens is 248 g/mol. The summed E-state index contributed by atoms with van der Waals surface area (Å²) in [5.74, 6) is 0. The summed E-state index contributed by atoms with van der Waals surface area (Å²) in [6.45, 7) is 0. The van der Waals surface area contributed by atoms with Crippen molar-refractivity contribution < 1.29 is 9.47 Å². The Balaban J connectivity index is 1.79. The SMILES string of the molecule is C1=CC2OC1c1ccc3ccc4c(c3c12)C1C=CC4O1. The van der Waals surface area contributed by atoms with E-state index in [0.29, 0.717) is 0 Å². The van der Waals surface area contributed by atoms with Crippen molar-refractivity contribution in [2.45, 2.75) is 24.4 Å². The minimum atomic E-state index is 0.133. The Morgan fingerprint density at radius 3 is 1.65 bits per heavy atom. The van der Waals surface area contributed by atoms with Gasteiger partial charge >= 0.3 is 0 Å². The first-order valence-corrected chi connectivity index (χ1v) is 7.17. The molecule has 6 rings (SSSR count). The molecule has 2 aromatic rings. The van der Waals surface area contributed by atoms with E-state index in [2.05, 4.69) is 48.6 Å². The Morgan fingerprint density at radius 2 is 1.10 bits per heavy atom. The lowest BCUT2D eigenvalue weighted by atomic mass is 9.84. The summed E-state index contributed by atoms with van der Waals surface area (Å²) in [5, 5.41) is 2.67. The maximum Gasteiger partial charge on any atom is 0.103 e. The third-order valence-corrected chi connectivity index (χ3v) is 5.02. The summed E-state index contributed by atoms with van der Waals surface area (Å²) in [4.78, 5) is 0. The molecule has 4 bridgehead atoms. The summed E-state index contributed by atoms with van der Waals surface area (Å²) in [7, 11) is 0. The standard InChI is InChI=1S/C18H12O2/c1-3-10-12-5-7-14(19-12)17(10)16-9(1)2-4-11-13-6-8-15(20-13)18(11)16/h1-8,12-15H. The van der Waals surface area contributed by atoms with Crippen LogP contribution in [0.15, 0.2) is 48.6 Å². The second-order valence-corrected chi connectivity index (χ2v) is 5.96. The van der Waals surface area contributed by atoms with Crippen LogP contribution in [0.4, 0.5) is 0 Å². The van der Waals surface area contributed by atoms with E-state index in [1.165, 1.54) is 33.0 Å². The van der Waals surface area contributed by atoms with Gasteiger partial charge in [0.2, 0.25) is 0 Å². The van der Waals surface area contributed by atoms with Crippen molar-refractivity contribution in [1.82, 2.24) is 0 Å². The van der Waals surface area contributed by atoms with Crippen LogP contribution in [0, 0.1) is 0 Å². The monoisotopic (exact) mass is 260 g/mol. The predicted octanol–water partition coefficient (Wildman–Crippen LogP) is 4.20. The quantitative estimate of drug-likeness (QED) is 0.661. The van der Waals surface area contributed by atoms with Crippen LogP contribution in [0.1, 0.15) is 46.7 Å². The van der Waals surface area contributed by atoms with Gasteiger partial charge in [-0.25, -0.2) is 0 Å². The van der Waals surface area contributed by atoms with Gasteiger partial charge < -0.3 is 9.47 Å². The van der Waals surface area contributed by atoms with Gasteiger partial charge in [-0.15, -0.1) is 0 Å². The fraction of sp³-hybridized carbons (Fsp3) is 0.222. The zero-order valence-electron chi connectivity index (χ0n) is 10.7. The fourth-order valence-electron chi connectivity index (χ4n) is 4.20. The second-order valence-electron chi connectivity index (χ2n) is 5.96. The third-order valence-electron chi connectivity index (χ3n) is 5.02. The number of rotatable bonds is 0. The minimum Gasteiger partial charge on any atom is -0.357 e. The highest BCUT2D eigenvalue weighted by atomic mass is 16.5. The van der Waals surface area contributed by atoms with Crippen LogP contribution in [0.25, 0.3) is 10.8 Å². The minimum absolute atomic E-state index is 0.133. The van der Waals surface area contributed by atoms with E-state index < -0.39 is 0 Å². The van der Waals surface area contributed by atoms with Crippen molar-refractivity contribution in [1.29, 1.82) is 0 Å². The van der Waals surface area contributed by atoms with Gasteiger partial charge in [0, 0.05) is 0 Å². The normalized spacial score (nSPS) is 34.2. The average Bonchev–Trinajstić information content (AvgIpc) is 3.25. The largest absolute Gasteiger partial charge is 0.357 e. The summed E-state index contributed by atoms with van der Waals surface area (Å²) in [6, 6.07) is 8.90. The number of hydrogen-bond donors (Lipinski definition) is 0. The highest BCUT2D eigenvalue weighted by Crippen LogP contribution is 2.54. The van der Waals surface area contributed by atoms with E-state index in [-0.39, 0.29) is 24.4 Å². The van der Waals surface area contributed by atoms with Crippen molar-refractivity contribution >= 4 is 10.8 Å². The van der Waals surface area contributed by atoms with Gasteiger partial charge in [-0.2, -0.15) is 0 Å². The summed E-state index contributed by atoms with van der Waals surface area (Å²) >= 11 is 0. The van der Waals surface area contributed by atoms with Crippen molar-refractivity contribution in [3.05, 3.63) is 70.8 Å². The molecule has 20 heavy (non-hydrogen) atoms. The molecule has 4 unspecified atom stereocenters. The highest BCUT2D eigenvalue weighted by molar-refractivity contribution is 5.93. The molecular formula is C18H12O2. The van der Waals surface area contributed by atoms with Gasteiger partial charge in [0.05, 0.1) is 0 Å². The molecule has 4 aliphatic rings. The molecule has 2 heteroatoms. The second kappa shape index (κ2) is 3.05. The van der Waals surface area contributed by atoms with Crippen molar-refractivity contribution in [2.24, 2.45) is 0 Å². The molecule has 0 fully saturated rings. The molecule has 0 saturated carbocycles. The fourth-order valence-corrected chi connectivity index (χ4v) is 4.20. The van der Waals surface area contributed by atoms with E-state index in [1.807, 2.05) is 0 Å². The van der Waals surface area contributed by atoms with E-state index in [9.17, 15) is 0 Å². The molecule has 0 aromatic heterocycles. The maximum absolute atomic E-state index is 6.02. The van der Waals surface area contributed by atoms with Crippen LogP contribution in [-0.4, -0.2) is 0 Å². The van der Waals surface area contributed by atoms with Crippen molar-refractivity contribution in [2.75, 3.05) is 0 Å². The smallest absolute Gasteiger partial charge is 0.103 e. The Hall–Kier alpha value is -1.90. The molecule has 4 atom stereocenters. The first-order valence-electron chi connectivity index (χ1n) is 7.17. The maximum atomic E-state index is 6.02. The molecule has 0 radical (unpaired) electrons. The molecule has 4 aliphatic heterocycles. The highest BCUT2D eigenvalue weighted by Gasteiger charge is 2.40.